The van der Waals surface area contributed by atoms with Crippen LogP contribution in [0, 0.1) is 17.2 Å². The van der Waals surface area contributed by atoms with E-state index in [1.165, 1.54) is 0 Å². The smallest absolute Gasteiger partial charge is 0.226 e. The summed E-state index contributed by atoms with van der Waals surface area (Å²) in [5.41, 5.74) is 4.15. The second kappa shape index (κ2) is 11.1. The van der Waals surface area contributed by atoms with Gasteiger partial charge in [0.2, 0.25) is 11.8 Å². The van der Waals surface area contributed by atoms with Crippen LogP contribution in [0.25, 0.3) is 11.1 Å². The van der Waals surface area contributed by atoms with Crippen LogP contribution in [0.3, 0.4) is 0 Å². The number of amides is 2. The van der Waals surface area contributed by atoms with Crippen molar-refractivity contribution in [1.82, 2.24) is 9.88 Å². The first-order valence-electron chi connectivity index (χ1n) is 12.7. The van der Waals surface area contributed by atoms with E-state index in [0.717, 1.165) is 35.3 Å². The van der Waals surface area contributed by atoms with Crippen molar-refractivity contribution in [3.63, 3.8) is 0 Å². The van der Waals surface area contributed by atoms with Crippen molar-refractivity contribution in [2.75, 3.05) is 43.6 Å². The Bertz CT molecular complexity index is 1170. The van der Waals surface area contributed by atoms with E-state index < -0.39 is 0 Å². The van der Waals surface area contributed by atoms with E-state index in [-0.39, 0.29) is 23.8 Å². The summed E-state index contributed by atoms with van der Waals surface area (Å²) < 4.78 is 5.06. The van der Waals surface area contributed by atoms with E-state index in [2.05, 4.69) is 16.3 Å². The minimum atomic E-state index is -0.111. The van der Waals surface area contributed by atoms with Gasteiger partial charge in [0.05, 0.1) is 24.3 Å². The molecule has 4 rings (SSSR count). The van der Waals surface area contributed by atoms with Crippen molar-refractivity contribution >= 4 is 23.3 Å². The third-order valence-corrected chi connectivity index (χ3v) is 6.85. The lowest BCUT2D eigenvalue weighted by atomic mass is 9.98. The van der Waals surface area contributed by atoms with Crippen LogP contribution in [-0.4, -0.2) is 61.1 Å². The second-order valence-electron chi connectivity index (χ2n) is 10.0. The highest BCUT2D eigenvalue weighted by molar-refractivity contribution is 5.93. The third-order valence-electron chi connectivity index (χ3n) is 6.85. The van der Waals surface area contributed by atoms with E-state index in [1.807, 2.05) is 56.0 Å². The number of nitrogens with one attached hydrogen (secondary N) is 1. The molecule has 36 heavy (non-hydrogen) atoms. The van der Waals surface area contributed by atoms with Gasteiger partial charge in [0.15, 0.2) is 0 Å². The molecule has 1 aliphatic carbocycles. The van der Waals surface area contributed by atoms with Crippen LogP contribution in [0.5, 0.6) is 0 Å². The number of benzene rings is 1. The van der Waals surface area contributed by atoms with Gasteiger partial charge in [-0.05, 0) is 43.5 Å². The number of rotatable bonds is 8. The summed E-state index contributed by atoms with van der Waals surface area (Å²) in [4.78, 5) is 33.9. The molecule has 1 aliphatic heterocycles. The molecule has 8 nitrogen and oxygen atoms in total. The van der Waals surface area contributed by atoms with Gasteiger partial charge >= 0.3 is 0 Å². The second-order valence-corrected chi connectivity index (χ2v) is 10.0. The molecule has 2 aromatic rings. The zero-order valence-electron chi connectivity index (χ0n) is 21.6. The number of piperazine rings is 1. The van der Waals surface area contributed by atoms with Crippen LogP contribution in [-0.2, 0) is 14.3 Å². The molecule has 2 heterocycles. The summed E-state index contributed by atoms with van der Waals surface area (Å²) in [5.74, 6) is 1.02. The summed E-state index contributed by atoms with van der Waals surface area (Å²) in [6.07, 6.45) is 2.53. The number of aromatic nitrogens is 1. The van der Waals surface area contributed by atoms with Crippen LogP contribution in [0.15, 0.2) is 30.3 Å². The van der Waals surface area contributed by atoms with E-state index >= 15 is 0 Å². The first-order chi connectivity index (χ1) is 17.3. The molecule has 8 heteroatoms. The third kappa shape index (κ3) is 5.68. The summed E-state index contributed by atoms with van der Waals surface area (Å²) >= 11 is 0. The number of ether oxygens (including phenoxy) is 1. The van der Waals surface area contributed by atoms with Gasteiger partial charge in [-0.1, -0.05) is 26.0 Å². The fourth-order valence-electron chi connectivity index (χ4n) is 4.64. The highest BCUT2D eigenvalue weighted by Gasteiger charge is 2.33. The Morgan fingerprint density at radius 1 is 1.25 bits per heavy atom. The fourth-order valence-corrected chi connectivity index (χ4v) is 4.64. The largest absolute Gasteiger partial charge is 0.384 e. The number of pyridine rings is 1. The first-order valence-corrected chi connectivity index (χ1v) is 12.7. The molecule has 1 saturated heterocycles. The van der Waals surface area contributed by atoms with Gasteiger partial charge in [-0.3, -0.25) is 9.59 Å². The Hall–Kier alpha value is -3.44. The number of anilines is 2. The minimum Gasteiger partial charge on any atom is -0.384 e. The summed E-state index contributed by atoms with van der Waals surface area (Å²) in [7, 11) is 1.60. The van der Waals surface area contributed by atoms with Crippen molar-refractivity contribution in [2.45, 2.75) is 52.0 Å². The first kappa shape index (κ1) is 25.6. The van der Waals surface area contributed by atoms with E-state index in [1.54, 1.807) is 7.11 Å². The highest BCUT2D eigenvalue weighted by atomic mass is 16.5. The van der Waals surface area contributed by atoms with Crippen molar-refractivity contribution in [1.29, 1.82) is 5.26 Å². The Morgan fingerprint density at radius 3 is 2.67 bits per heavy atom. The topological polar surface area (TPSA) is 98.6 Å². The van der Waals surface area contributed by atoms with Gasteiger partial charge < -0.3 is 19.9 Å². The van der Waals surface area contributed by atoms with Crippen LogP contribution in [0.1, 0.15) is 57.2 Å². The predicted molar refractivity (Wildman–Crippen MR) is 140 cm³/mol. The van der Waals surface area contributed by atoms with Gasteiger partial charge in [0, 0.05) is 55.9 Å². The molecular weight excluding hydrogens is 454 g/mol. The molecule has 0 unspecified atom stereocenters. The maximum atomic E-state index is 12.6. The van der Waals surface area contributed by atoms with Crippen molar-refractivity contribution < 1.29 is 14.3 Å². The van der Waals surface area contributed by atoms with E-state index in [0.29, 0.717) is 50.0 Å². The Kier molecular flexibility index (Phi) is 7.90. The molecule has 2 amide bonds. The lowest BCUT2D eigenvalue weighted by molar-refractivity contribution is -0.134. The number of nitriles is 1. The Labute approximate surface area is 213 Å². The molecule has 1 aromatic carbocycles. The molecule has 1 atom stereocenters. The van der Waals surface area contributed by atoms with Crippen LogP contribution >= 0.6 is 0 Å². The van der Waals surface area contributed by atoms with Crippen LogP contribution in [0.2, 0.25) is 0 Å². The van der Waals surface area contributed by atoms with Gasteiger partial charge in [0.1, 0.15) is 11.9 Å². The summed E-state index contributed by atoms with van der Waals surface area (Å²) in [5, 5.41) is 13.0. The molecule has 2 fully saturated rings. The molecule has 1 aromatic heterocycles. The van der Waals surface area contributed by atoms with Gasteiger partial charge in [-0.15, -0.1) is 0 Å². The van der Waals surface area contributed by atoms with Gasteiger partial charge in [-0.25, -0.2) is 4.98 Å². The number of nitrogens with zero attached hydrogens (tertiary/aromatic N) is 4. The molecule has 2 aliphatic rings. The predicted octanol–water partition coefficient (Wildman–Crippen LogP) is 4.17. The zero-order valence-corrected chi connectivity index (χ0v) is 21.6. The quantitative estimate of drug-likeness (QED) is 0.598. The highest BCUT2D eigenvalue weighted by Crippen LogP contribution is 2.45. The van der Waals surface area contributed by atoms with Crippen molar-refractivity contribution in [3.05, 3.63) is 41.6 Å². The standard InChI is InChI=1S/C28H35N5O3/c1-18(2)28(35)30-23-7-5-6-21(14-23)24-15-22(16-29)27(31-26(24)20-8-9-20)32-11-12-33(19(3)17-32)25(34)10-13-36-4/h5-7,14-15,18-20H,8-13,17H2,1-4H3,(H,30,35)/t19-/m1/s1. The Balaban J connectivity index is 1.62. The number of hydrogen-bond acceptors (Lipinski definition) is 6. The van der Waals surface area contributed by atoms with Gasteiger partial charge in [-0.2, -0.15) is 5.26 Å². The number of carbonyl (C=O) groups is 2. The maximum Gasteiger partial charge on any atom is 0.226 e. The molecular formula is C28H35N5O3. The number of carbonyl (C=O) groups excluding carboxylic acids is 2. The van der Waals surface area contributed by atoms with E-state index in [9.17, 15) is 14.9 Å². The molecule has 0 radical (unpaired) electrons. The normalized spacial score (nSPS) is 17.7. The number of hydrogen-bond donors (Lipinski definition) is 1. The van der Waals surface area contributed by atoms with Crippen molar-refractivity contribution in [3.8, 4) is 17.2 Å². The Morgan fingerprint density at radius 2 is 2.03 bits per heavy atom. The molecule has 0 spiro atoms. The fraction of sp³-hybridized carbons (Fsp3) is 0.500. The lowest BCUT2D eigenvalue weighted by Gasteiger charge is -2.41. The molecule has 190 valence electrons. The van der Waals surface area contributed by atoms with Crippen LogP contribution in [0.4, 0.5) is 11.5 Å². The SMILES string of the molecule is COCCC(=O)N1CCN(c2nc(C3CC3)c(-c3cccc(NC(=O)C(C)C)c3)cc2C#N)C[C@H]1C. The maximum absolute atomic E-state index is 12.6. The van der Waals surface area contributed by atoms with E-state index in [4.69, 9.17) is 9.72 Å². The molecule has 0 bridgehead atoms. The lowest BCUT2D eigenvalue weighted by Crippen LogP contribution is -2.54. The monoisotopic (exact) mass is 489 g/mol. The minimum absolute atomic E-state index is 0.0155. The van der Waals surface area contributed by atoms with Crippen molar-refractivity contribution in [2.24, 2.45) is 5.92 Å². The van der Waals surface area contributed by atoms with Crippen LogP contribution < -0.4 is 10.2 Å². The average Bonchev–Trinajstić information content (AvgIpc) is 3.72. The molecule has 1 saturated carbocycles. The summed E-state index contributed by atoms with van der Waals surface area (Å²) in [6, 6.07) is 12.1. The zero-order chi connectivity index (χ0) is 25.8. The average molecular weight is 490 g/mol. The van der Waals surface area contributed by atoms with Gasteiger partial charge in [0.25, 0.3) is 0 Å². The summed E-state index contributed by atoms with van der Waals surface area (Å²) in [6.45, 7) is 8.03. The number of methoxy groups -OCH3 is 1. The molecule has 1 N–H and O–H groups in total.